The van der Waals surface area contributed by atoms with Gasteiger partial charge in [0.15, 0.2) is 5.13 Å². The van der Waals surface area contributed by atoms with Crippen molar-refractivity contribution < 1.29 is 14.7 Å². The molecule has 88 valence electrons. The third-order valence-corrected chi connectivity index (χ3v) is 3.42. The summed E-state index contributed by atoms with van der Waals surface area (Å²) in [6.07, 6.45) is 0.153. The molecule has 1 heterocycles. The Morgan fingerprint density at radius 3 is 2.56 bits per heavy atom. The van der Waals surface area contributed by atoms with Crippen LogP contribution in [0.4, 0.5) is 5.13 Å². The van der Waals surface area contributed by atoms with E-state index in [0.717, 1.165) is 0 Å². The molecule has 0 spiro atoms. The lowest BCUT2D eigenvalue weighted by Gasteiger charge is -2.26. The van der Waals surface area contributed by atoms with Crippen LogP contribution in [0.3, 0.4) is 0 Å². The number of hydrogen-bond acceptors (Lipinski definition) is 5. The van der Waals surface area contributed by atoms with Gasteiger partial charge in [-0.2, -0.15) is 0 Å². The number of nitrogens with two attached hydrogens (primary N) is 1. The van der Waals surface area contributed by atoms with E-state index in [2.05, 4.69) is 4.98 Å². The monoisotopic (exact) mass is 242 g/mol. The highest BCUT2D eigenvalue weighted by Crippen LogP contribution is 2.34. The number of aliphatic carboxylic acids is 1. The third kappa shape index (κ3) is 2.21. The number of carbonyl (C=O) groups excluding carboxylic acids is 1. The second-order valence-electron chi connectivity index (χ2n) is 3.63. The Balaban J connectivity index is 3.22. The van der Waals surface area contributed by atoms with Crippen molar-refractivity contribution in [1.82, 2.24) is 4.98 Å². The molecule has 6 heteroatoms. The van der Waals surface area contributed by atoms with Crippen LogP contribution in [0.2, 0.25) is 0 Å². The number of hydrogen-bond donors (Lipinski definition) is 2. The summed E-state index contributed by atoms with van der Waals surface area (Å²) in [5.41, 5.74) is 4.93. The number of aromatic nitrogens is 1. The van der Waals surface area contributed by atoms with Crippen LogP contribution >= 0.6 is 11.3 Å². The molecule has 0 bridgehead atoms. The largest absolute Gasteiger partial charge is 0.481 e. The van der Waals surface area contributed by atoms with E-state index in [4.69, 9.17) is 10.8 Å². The summed E-state index contributed by atoms with van der Waals surface area (Å²) in [4.78, 5) is 26.6. The van der Waals surface area contributed by atoms with Gasteiger partial charge in [0.05, 0.1) is 17.5 Å². The summed E-state index contributed by atoms with van der Waals surface area (Å²) >= 11 is 1.21. The van der Waals surface area contributed by atoms with Crippen LogP contribution in [0.15, 0.2) is 5.38 Å². The van der Waals surface area contributed by atoms with E-state index in [-0.39, 0.29) is 12.2 Å². The molecule has 0 aromatic carbocycles. The lowest BCUT2D eigenvalue weighted by molar-refractivity contribution is -0.141. The predicted octanol–water partition coefficient (Wildman–Crippen LogP) is 1.44. The highest BCUT2D eigenvalue weighted by molar-refractivity contribution is 7.13. The summed E-state index contributed by atoms with van der Waals surface area (Å²) in [7, 11) is 0. The second kappa shape index (κ2) is 4.61. The number of nitrogen functional groups attached to an aromatic ring is 1. The van der Waals surface area contributed by atoms with Crippen LogP contribution in [0.5, 0.6) is 0 Å². The Morgan fingerprint density at radius 2 is 2.25 bits per heavy atom. The normalized spacial score (nSPS) is 14.4. The minimum Gasteiger partial charge on any atom is -0.481 e. The molecule has 1 unspecified atom stereocenters. The molecule has 0 aliphatic rings. The average Bonchev–Trinajstić information content (AvgIpc) is 2.60. The molecule has 1 atom stereocenters. The number of carbonyl (C=O) groups is 2. The maximum atomic E-state index is 11.7. The maximum absolute atomic E-state index is 11.7. The SMILES string of the molecule is CCC(CC(=O)O)(C(C)=O)c1csc(N)n1. The highest BCUT2D eigenvalue weighted by atomic mass is 32.1. The van der Waals surface area contributed by atoms with Gasteiger partial charge in [-0.15, -0.1) is 11.3 Å². The van der Waals surface area contributed by atoms with Gasteiger partial charge in [-0.05, 0) is 13.3 Å². The van der Waals surface area contributed by atoms with Gasteiger partial charge in [-0.25, -0.2) is 4.98 Å². The predicted molar refractivity (Wildman–Crippen MR) is 61.4 cm³/mol. The van der Waals surface area contributed by atoms with Gasteiger partial charge in [0, 0.05) is 5.38 Å². The van der Waals surface area contributed by atoms with Gasteiger partial charge in [0.1, 0.15) is 5.78 Å². The molecule has 0 saturated carbocycles. The summed E-state index contributed by atoms with van der Waals surface area (Å²) < 4.78 is 0. The van der Waals surface area contributed by atoms with Crippen molar-refractivity contribution in [1.29, 1.82) is 0 Å². The van der Waals surface area contributed by atoms with Crippen LogP contribution in [-0.4, -0.2) is 21.8 Å². The van der Waals surface area contributed by atoms with E-state index in [1.807, 2.05) is 0 Å². The standard InChI is InChI=1S/C10H14N2O3S/c1-3-10(6(2)13,4-8(14)15)7-5-16-9(11)12-7/h5H,3-4H2,1-2H3,(H2,11,12)(H,14,15). The molecule has 1 rings (SSSR count). The van der Waals surface area contributed by atoms with Crippen molar-refractivity contribution >= 4 is 28.2 Å². The molecular formula is C10H14N2O3S. The third-order valence-electron chi connectivity index (χ3n) is 2.74. The van der Waals surface area contributed by atoms with E-state index in [1.165, 1.54) is 18.3 Å². The maximum Gasteiger partial charge on any atom is 0.304 e. The molecule has 0 fully saturated rings. The van der Waals surface area contributed by atoms with E-state index >= 15 is 0 Å². The summed E-state index contributed by atoms with van der Waals surface area (Å²) in [6, 6.07) is 0. The molecule has 16 heavy (non-hydrogen) atoms. The van der Waals surface area contributed by atoms with Crippen LogP contribution in [0.1, 0.15) is 32.4 Å². The van der Waals surface area contributed by atoms with Gasteiger partial charge in [0.25, 0.3) is 0 Å². The molecule has 1 aromatic rings. The van der Waals surface area contributed by atoms with Crippen LogP contribution in [0, 0.1) is 0 Å². The van der Waals surface area contributed by atoms with Crippen LogP contribution in [0.25, 0.3) is 0 Å². The molecule has 0 amide bonds. The van der Waals surface area contributed by atoms with Crippen LogP contribution < -0.4 is 5.73 Å². The smallest absolute Gasteiger partial charge is 0.304 e. The number of rotatable bonds is 5. The molecule has 0 saturated heterocycles. The zero-order chi connectivity index (χ0) is 12.3. The quantitative estimate of drug-likeness (QED) is 0.814. The summed E-state index contributed by atoms with van der Waals surface area (Å²) in [6.45, 7) is 3.17. The van der Waals surface area contributed by atoms with E-state index in [1.54, 1.807) is 12.3 Å². The van der Waals surface area contributed by atoms with Crippen molar-refractivity contribution in [3.05, 3.63) is 11.1 Å². The number of ketones is 1. The Bertz CT molecular complexity index is 416. The van der Waals surface area contributed by atoms with Crippen molar-refractivity contribution in [2.75, 3.05) is 5.73 Å². The van der Waals surface area contributed by atoms with Crippen molar-refractivity contribution in [2.24, 2.45) is 0 Å². The number of carboxylic acids is 1. The van der Waals surface area contributed by atoms with Crippen molar-refractivity contribution in [3.8, 4) is 0 Å². The van der Waals surface area contributed by atoms with Crippen molar-refractivity contribution in [3.63, 3.8) is 0 Å². The number of thiazole rings is 1. The van der Waals surface area contributed by atoms with Crippen molar-refractivity contribution in [2.45, 2.75) is 32.1 Å². The Hall–Kier alpha value is -1.43. The van der Waals surface area contributed by atoms with Crippen LogP contribution in [-0.2, 0) is 15.0 Å². The second-order valence-corrected chi connectivity index (χ2v) is 4.52. The Kier molecular flexibility index (Phi) is 3.64. The van der Waals surface area contributed by atoms with E-state index in [9.17, 15) is 9.59 Å². The van der Waals surface area contributed by atoms with Gasteiger partial charge in [0.2, 0.25) is 0 Å². The molecular weight excluding hydrogens is 228 g/mol. The fourth-order valence-electron chi connectivity index (χ4n) is 1.72. The molecule has 0 aliphatic heterocycles. The zero-order valence-electron chi connectivity index (χ0n) is 9.19. The first kappa shape index (κ1) is 12.6. The minimum atomic E-state index is -1.04. The van der Waals surface area contributed by atoms with Gasteiger partial charge < -0.3 is 10.8 Å². The molecule has 0 radical (unpaired) electrons. The first-order valence-electron chi connectivity index (χ1n) is 4.86. The lowest BCUT2D eigenvalue weighted by atomic mass is 9.76. The average molecular weight is 242 g/mol. The number of nitrogens with zero attached hydrogens (tertiary/aromatic N) is 1. The highest BCUT2D eigenvalue weighted by Gasteiger charge is 2.40. The number of Topliss-reactive ketones (excluding diaryl/α,β-unsaturated/α-hetero) is 1. The summed E-state index contributed by atoms with van der Waals surface area (Å²) in [5.74, 6) is -1.20. The number of carboxylic acid groups (broad SMARTS) is 1. The molecule has 0 aliphatic carbocycles. The number of anilines is 1. The van der Waals surface area contributed by atoms with Gasteiger partial charge in [-0.1, -0.05) is 6.92 Å². The van der Waals surface area contributed by atoms with Gasteiger partial charge in [-0.3, -0.25) is 9.59 Å². The van der Waals surface area contributed by atoms with Gasteiger partial charge >= 0.3 is 5.97 Å². The summed E-state index contributed by atoms with van der Waals surface area (Å²) in [5, 5.41) is 10.9. The molecule has 1 aromatic heterocycles. The zero-order valence-corrected chi connectivity index (χ0v) is 10.0. The molecule has 3 N–H and O–H groups in total. The first-order chi connectivity index (χ1) is 7.42. The minimum absolute atomic E-state index is 0.192. The fourth-order valence-corrected chi connectivity index (χ4v) is 2.38. The van der Waals surface area contributed by atoms with E-state index < -0.39 is 11.4 Å². The molecule has 5 nitrogen and oxygen atoms in total. The Morgan fingerprint density at radius 1 is 1.62 bits per heavy atom. The lowest BCUT2D eigenvalue weighted by Crippen LogP contribution is -2.36. The van der Waals surface area contributed by atoms with E-state index in [0.29, 0.717) is 17.2 Å². The fraction of sp³-hybridized carbons (Fsp3) is 0.500. The topological polar surface area (TPSA) is 93.3 Å². The Labute approximate surface area is 97.3 Å². The first-order valence-corrected chi connectivity index (χ1v) is 5.74.